The van der Waals surface area contributed by atoms with Gasteiger partial charge < -0.3 is 9.47 Å². The lowest BCUT2D eigenvalue weighted by atomic mass is 9.82. The minimum atomic E-state index is -0.260. The van der Waals surface area contributed by atoms with Gasteiger partial charge in [0.15, 0.2) is 0 Å². The lowest BCUT2D eigenvalue weighted by molar-refractivity contribution is 0.627. The third-order valence-electron chi connectivity index (χ3n) is 13.7. The highest BCUT2D eigenvalue weighted by atomic mass is 19.1. The largest absolute Gasteiger partial charge is 0.310 e. The van der Waals surface area contributed by atoms with Gasteiger partial charge in [0.05, 0.1) is 11.2 Å². The number of hydrogen-bond acceptors (Lipinski definition) is 1. The van der Waals surface area contributed by atoms with Gasteiger partial charge in [0.25, 0.3) is 0 Å². The van der Waals surface area contributed by atoms with Crippen molar-refractivity contribution in [3.05, 3.63) is 254 Å². The number of halogens is 1. The third-order valence-corrected chi connectivity index (χ3v) is 13.7. The van der Waals surface area contributed by atoms with Crippen LogP contribution in [-0.2, 0) is 5.41 Å². The van der Waals surface area contributed by atoms with Crippen LogP contribution in [0.4, 0.5) is 21.5 Å². The summed E-state index contributed by atoms with van der Waals surface area (Å²) in [5.74, 6) is -0.260. The van der Waals surface area contributed by atoms with Gasteiger partial charge in [-0.25, -0.2) is 4.39 Å². The van der Waals surface area contributed by atoms with Gasteiger partial charge in [-0.2, -0.15) is 0 Å². The first kappa shape index (κ1) is 39.3. The van der Waals surface area contributed by atoms with Crippen molar-refractivity contribution in [3.8, 4) is 61.5 Å². The highest BCUT2D eigenvalue weighted by molar-refractivity contribution is 6.18. The summed E-state index contributed by atoms with van der Waals surface area (Å²) in [4.78, 5) is 2.39. The zero-order valence-electron chi connectivity index (χ0n) is 36.8. The van der Waals surface area contributed by atoms with E-state index in [1.54, 1.807) is 12.1 Å². The molecule has 0 fully saturated rings. The summed E-state index contributed by atoms with van der Waals surface area (Å²) >= 11 is 0. The molecule has 1 heterocycles. The zero-order chi connectivity index (χ0) is 44.4. The SMILES string of the molecule is CC1(C)c2ccccc2-c2ccc(N(c3ccc(-c4ccccc4)cc3)c3ccc(-c4cccc5c4ccc4c(-c6ccccc6)c(-c6ccccc6)n(-c6ccc(F)cc6)c45)cc3)cc21. The monoisotopic (exact) mass is 848 g/mol. The first-order valence-corrected chi connectivity index (χ1v) is 22.7. The number of nitrogens with zero attached hydrogens (tertiary/aromatic N) is 2. The van der Waals surface area contributed by atoms with Crippen LogP contribution in [0.3, 0.4) is 0 Å². The maximum atomic E-state index is 14.6. The van der Waals surface area contributed by atoms with E-state index in [9.17, 15) is 4.39 Å². The number of hydrogen-bond donors (Lipinski definition) is 0. The zero-order valence-corrected chi connectivity index (χ0v) is 36.8. The van der Waals surface area contributed by atoms with Gasteiger partial charge >= 0.3 is 0 Å². The van der Waals surface area contributed by atoms with E-state index in [1.807, 2.05) is 12.1 Å². The molecule has 0 amide bonds. The van der Waals surface area contributed by atoms with E-state index in [1.165, 1.54) is 33.4 Å². The van der Waals surface area contributed by atoms with Gasteiger partial charge in [-0.1, -0.05) is 190 Å². The lowest BCUT2D eigenvalue weighted by Crippen LogP contribution is -2.16. The number of fused-ring (bicyclic) bond motifs is 6. The van der Waals surface area contributed by atoms with Crippen LogP contribution in [0.1, 0.15) is 25.0 Å². The summed E-state index contributed by atoms with van der Waals surface area (Å²) in [6.45, 7) is 4.68. The number of rotatable bonds is 8. The Kier molecular flexibility index (Phi) is 9.39. The fourth-order valence-electron chi connectivity index (χ4n) is 10.5. The summed E-state index contributed by atoms with van der Waals surface area (Å²) in [6, 6.07) is 83.6. The quantitative estimate of drug-likeness (QED) is 0.148. The Morgan fingerprint density at radius 2 is 0.909 bits per heavy atom. The normalized spacial score (nSPS) is 12.6. The molecule has 0 bridgehead atoms. The molecule has 1 aliphatic carbocycles. The van der Waals surface area contributed by atoms with Crippen LogP contribution < -0.4 is 4.90 Å². The fraction of sp³-hybridized carbons (Fsp3) is 0.0476. The van der Waals surface area contributed by atoms with Crippen LogP contribution in [0.5, 0.6) is 0 Å². The molecule has 3 heteroatoms. The summed E-state index contributed by atoms with van der Waals surface area (Å²) in [5, 5.41) is 3.41. The van der Waals surface area contributed by atoms with Crippen LogP contribution in [0, 0.1) is 5.82 Å². The molecule has 2 nitrogen and oxygen atoms in total. The predicted molar refractivity (Wildman–Crippen MR) is 275 cm³/mol. The first-order valence-electron chi connectivity index (χ1n) is 22.7. The molecule has 11 aromatic rings. The van der Waals surface area contributed by atoms with Crippen LogP contribution in [0.15, 0.2) is 237 Å². The van der Waals surface area contributed by atoms with E-state index in [-0.39, 0.29) is 11.2 Å². The van der Waals surface area contributed by atoms with Crippen LogP contribution in [0.2, 0.25) is 0 Å². The van der Waals surface area contributed by atoms with Gasteiger partial charge in [-0.3, -0.25) is 0 Å². The first-order chi connectivity index (χ1) is 32.4. The van der Waals surface area contributed by atoms with Gasteiger partial charge in [0.1, 0.15) is 5.82 Å². The summed E-state index contributed by atoms with van der Waals surface area (Å²) in [7, 11) is 0. The van der Waals surface area contributed by atoms with Gasteiger partial charge in [-0.15, -0.1) is 0 Å². The van der Waals surface area contributed by atoms with Crippen molar-refractivity contribution >= 4 is 38.7 Å². The molecular formula is C63H45FN2. The second kappa shape index (κ2) is 15.8. The van der Waals surface area contributed by atoms with E-state index in [4.69, 9.17) is 0 Å². The molecule has 0 spiro atoms. The molecule has 66 heavy (non-hydrogen) atoms. The van der Waals surface area contributed by atoms with Crippen molar-refractivity contribution in [2.24, 2.45) is 0 Å². The van der Waals surface area contributed by atoms with Crippen LogP contribution >= 0.6 is 0 Å². The number of aromatic nitrogens is 1. The predicted octanol–water partition coefficient (Wildman–Crippen LogP) is 17.4. The molecule has 0 aliphatic heterocycles. The van der Waals surface area contributed by atoms with E-state index in [0.29, 0.717) is 0 Å². The Morgan fingerprint density at radius 3 is 1.59 bits per heavy atom. The third kappa shape index (κ3) is 6.46. The Balaban J connectivity index is 1.02. The molecular weight excluding hydrogens is 804 g/mol. The molecule has 1 aliphatic rings. The molecule has 0 unspecified atom stereocenters. The molecule has 0 atom stereocenters. The Hall–Kier alpha value is -8.27. The Morgan fingerprint density at radius 1 is 0.379 bits per heavy atom. The fourth-order valence-corrected chi connectivity index (χ4v) is 10.5. The highest BCUT2D eigenvalue weighted by Gasteiger charge is 2.36. The molecule has 0 saturated carbocycles. The van der Waals surface area contributed by atoms with E-state index in [0.717, 1.165) is 77.9 Å². The van der Waals surface area contributed by atoms with Crippen molar-refractivity contribution in [2.75, 3.05) is 4.90 Å². The lowest BCUT2D eigenvalue weighted by Gasteiger charge is -2.28. The summed E-state index contributed by atoms with van der Waals surface area (Å²) in [5.41, 5.74) is 19.5. The average Bonchev–Trinajstić information content (AvgIpc) is 3.84. The molecule has 12 rings (SSSR count). The van der Waals surface area contributed by atoms with Crippen molar-refractivity contribution < 1.29 is 4.39 Å². The van der Waals surface area contributed by atoms with Crippen LogP contribution in [-0.4, -0.2) is 4.57 Å². The molecule has 0 radical (unpaired) electrons. The summed E-state index contributed by atoms with van der Waals surface area (Å²) in [6.07, 6.45) is 0. The topological polar surface area (TPSA) is 8.17 Å². The van der Waals surface area contributed by atoms with Crippen molar-refractivity contribution in [1.29, 1.82) is 0 Å². The highest BCUT2D eigenvalue weighted by Crippen LogP contribution is 2.51. The molecule has 0 saturated heterocycles. The summed E-state index contributed by atoms with van der Waals surface area (Å²) < 4.78 is 16.9. The van der Waals surface area contributed by atoms with Crippen molar-refractivity contribution in [3.63, 3.8) is 0 Å². The van der Waals surface area contributed by atoms with Crippen LogP contribution in [0.25, 0.3) is 83.1 Å². The minimum Gasteiger partial charge on any atom is -0.310 e. The van der Waals surface area contributed by atoms with E-state index >= 15 is 0 Å². The second-order valence-electron chi connectivity index (χ2n) is 17.8. The minimum absolute atomic E-state index is 0.130. The maximum absolute atomic E-state index is 14.6. The standard InChI is InChI=1S/C63H45FN2/c1-63(2)58-24-13-12-21-54(58)55-38-37-51(41-59(55)63)65(48-31-25-43(26-32-48)42-15-6-3-7-16-42)49-33-27-44(28-34-49)52-22-14-23-56-53(52)39-40-57-60(45-17-8-4-9-18-45)61(46-19-10-5-11-20-46)66(62(56)57)50-35-29-47(64)30-36-50/h3-41H,1-2H3. The number of benzene rings is 10. The van der Waals surface area contributed by atoms with Crippen molar-refractivity contribution in [1.82, 2.24) is 4.57 Å². The van der Waals surface area contributed by atoms with Gasteiger partial charge in [0.2, 0.25) is 0 Å². The van der Waals surface area contributed by atoms with E-state index in [2.05, 4.69) is 236 Å². The Bertz CT molecular complexity index is 3570. The van der Waals surface area contributed by atoms with Gasteiger partial charge in [-0.05, 0) is 122 Å². The average molecular weight is 849 g/mol. The smallest absolute Gasteiger partial charge is 0.123 e. The molecule has 10 aromatic carbocycles. The molecule has 314 valence electrons. The second-order valence-corrected chi connectivity index (χ2v) is 17.8. The molecule has 0 N–H and O–H groups in total. The maximum Gasteiger partial charge on any atom is 0.123 e. The molecule has 1 aromatic heterocycles. The Labute approximate surface area is 385 Å². The van der Waals surface area contributed by atoms with Gasteiger partial charge in [0, 0.05) is 44.5 Å². The van der Waals surface area contributed by atoms with E-state index < -0.39 is 0 Å². The number of anilines is 3. The van der Waals surface area contributed by atoms with Crippen molar-refractivity contribution in [2.45, 2.75) is 19.3 Å².